The number of furan rings is 1. The van der Waals surface area contributed by atoms with E-state index in [0.717, 1.165) is 44.4 Å². The number of hydrogen-bond donors (Lipinski definition) is 0. The molecule has 0 bridgehead atoms. The van der Waals surface area contributed by atoms with E-state index in [1.807, 2.05) is 17.0 Å². The van der Waals surface area contributed by atoms with Crippen LogP contribution in [0.3, 0.4) is 0 Å². The van der Waals surface area contributed by atoms with Gasteiger partial charge in [0, 0.05) is 37.8 Å². The molecule has 0 N–H and O–H groups in total. The standard InChI is InChI=1S/C17H23NO3/c19-16-8-2-1-6-14(16)15-7-3-11-18(15)17(20)10-9-13-5-4-12-21-13/h4-5,12,14-15H,1-3,6-11H2. The summed E-state index contributed by atoms with van der Waals surface area (Å²) >= 11 is 0. The first-order valence-electron chi connectivity index (χ1n) is 8.10. The monoisotopic (exact) mass is 289 g/mol. The van der Waals surface area contributed by atoms with Gasteiger partial charge in [0.15, 0.2) is 0 Å². The molecule has 2 aliphatic rings. The van der Waals surface area contributed by atoms with Gasteiger partial charge < -0.3 is 9.32 Å². The highest BCUT2D eigenvalue weighted by Gasteiger charge is 2.38. The summed E-state index contributed by atoms with van der Waals surface area (Å²) < 4.78 is 5.28. The van der Waals surface area contributed by atoms with Crippen LogP contribution in [-0.2, 0) is 16.0 Å². The molecule has 1 saturated carbocycles. The fourth-order valence-electron chi connectivity index (χ4n) is 3.77. The molecule has 21 heavy (non-hydrogen) atoms. The Morgan fingerprint density at radius 3 is 2.95 bits per heavy atom. The second-order valence-electron chi connectivity index (χ2n) is 6.19. The van der Waals surface area contributed by atoms with Crippen LogP contribution in [0.4, 0.5) is 0 Å². The Labute approximate surface area is 125 Å². The summed E-state index contributed by atoms with van der Waals surface area (Å²) in [5.74, 6) is 1.49. The summed E-state index contributed by atoms with van der Waals surface area (Å²) in [6, 6.07) is 3.90. The Balaban J connectivity index is 1.60. The quantitative estimate of drug-likeness (QED) is 0.856. The van der Waals surface area contributed by atoms with Gasteiger partial charge in [0.25, 0.3) is 0 Å². The topological polar surface area (TPSA) is 50.5 Å². The highest BCUT2D eigenvalue weighted by Crippen LogP contribution is 2.32. The number of carbonyl (C=O) groups excluding carboxylic acids is 2. The lowest BCUT2D eigenvalue weighted by Crippen LogP contribution is -2.43. The average molecular weight is 289 g/mol. The second kappa shape index (κ2) is 6.46. The van der Waals surface area contributed by atoms with E-state index in [2.05, 4.69) is 0 Å². The van der Waals surface area contributed by atoms with Crippen LogP contribution in [0.2, 0.25) is 0 Å². The van der Waals surface area contributed by atoms with Gasteiger partial charge in [-0.3, -0.25) is 9.59 Å². The SMILES string of the molecule is O=C1CCCCC1C1CCCN1C(=O)CCc1ccco1. The third-order valence-corrected chi connectivity index (χ3v) is 4.85. The van der Waals surface area contributed by atoms with Crippen molar-refractivity contribution in [1.29, 1.82) is 0 Å². The van der Waals surface area contributed by atoms with Crippen molar-refractivity contribution < 1.29 is 14.0 Å². The number of Topliss-reactive ketones (excluding diaryl/α,β-unsaturated/α-hetero) is 1. The van der Waals surface area contributed by atoms with Gasteiger partial charge >= 0.3 is 0 Å². The molecular formula is C17H23NO3. The van der Waals surface area contributed by atoms with Crippen molar-refractivity contribution in [2.75, 3.05) is 6.54 Å². The van der Waals surface area contributed by atoms with Gasteiger partial charge in [-0.25, -0.2) is 0 Å². The first-order valence-corrected chi connectivity index (χ1v) is 8.10. The van der Waals surface area contributed by atoms with Crippen molar-refractivity contribution in [3.63, 3.8) is 0 Å². The molecule has 2 atom stereocenters. The maximum Gasteiger partial charge on any atom is 0.223 e. The maximum absolute atomic E-state index is 12.5. The third-order valence-electron chi connectivity index (χ3n) is 4.85. The first kappa shape index (κ1) is 14.4. The fourth-order valence-corrected chi connectivity index (χ4v) is 3.77. The van der Waals surface area contributed by atoms with Crippen molar-refractivity contribution >= 4 is 11.7 Å². The van der Waals surface area contributed by atoms with Gasteiger partial charge in [0.2, 0.25) is 5.91 Å². The Morgan fingerprint density at radius 2 is 2.19 bits per heavy atom. The van der Waals surface area contributed by atoms with Gasteiger partial charge in [0.1, 0.15) is 11.5 Å². The van der Waals surface area contributed by atoms with Crippen LogP contribution in [0.5, 0.6) is 0 Å². The molecule has 2 unspecified atom stereocenters. The minimum atomic E-state index is 0.0915. The summed E-state index contributed by atoms with van der Waals surface area (Å²) in [6.45, 7) is 0.811. The predicted molar refractivity (Wildman–Crippen MR) is 78.7 cm³/mol. The fraction of sp³-hybridized carbons (Fsp3) is 0.647. The Hall–Kier alpha value is -1.58. The normalized spacial score (nSPS) is 26.3. The average Bonchev–Trinajstić information content (AvgIpc) is 3.16. The van der Waals surface area contributed by atoms with Gasteiger partial charge in [-0.2, -0.15) is 0 Å². The molecule has 0 spiro atoms. The van der Waals surface area contributed by atoms with Crippen LogP contribution in [0.1, 0.15) is 50.7 Å². The Bertz CT molecular complexity index is 494. The summed E-state index contributed by atoms with van der Waals surface area (Å²) in [6.07, 6.45) is 8.60. The highest BCUT2D eigenvalue weighted by molar-refractivity contribution is 5.84. The number of nitrogens with zero attached hydrogens (tertiary/aromatic N) is 1. The van der Waals surface area contributed by atoms with Gasteiger partial charge in [0.05, 0.1) is 6.26 Å². The largest absolute Gasteiger partial charge is 0.469 e. The Morgan fingerprint density at radius 1 is 1.29 bits per heavy atom. The zero-order chi connectivity index (χ0) is 14.7. The minimum Gasteiger partial charge on any atom is -0.469 e. The van der Waals surface area contributed by atoms with Gasteiger partial charge in [-0.15, -0.1) is 0 Å². The van der Waals surface area contributed by atoms with Crippen LogP contribution in [0.15, 0.2) is 22.8 Å². The van der Waals surface area contributed by atoms with E-state index in [1.54, 1.807) is 6.26 Å². The first-order chi connectivity index (χ1) is 10.3. The van der Waals surface area contributed by atoms with E-state index in [-0.39, 0.29) is 17.9 Å². The molecular weight excluding hydrogens is 266 g/mol. The Kier molecular flexibility index (Phi) is 4.42. The molecule has 1 saturated heterocycles. The lowest BCUT2D eigenvalue weighted by atomic mass is 9.81. The molecule has 1 aromatic rings. The molecule has 114 valence electrons. The van der Waals surface area contributed by atoms with Crippen molar-refractivity contribution in [1.82, 2.24) is 4.90 Å². The van der Waals surface area contributed by atoms with Crippen molar-refractivity contribution in [3.05, 3.63) is 24.2 Å². The van der Waals surface area contributed by atoms with E-state index >= 15 is 0 Å². The second-order valence-corrected chi connectivity index (χ2v) is 6.19. The summed E-state index contributed by atoms with van der Waals surface area (Å²) in [5.41, 5.74) is 0. The van der Waals surface area contributed by atoms with Crippen LogP contribution < -0.4 is 0 Å². The van der Waals surface area contributed by atoms with Crippen molar-refractivity contribution in [2.45, 2.75) is 57.4 Å². The zero-order valence-corrected chi connectivity index (χ0v) is 12.4. The molecule has 1 aliphatic heterocycles. The van der Waals surface area contributed by atoms with E-state index in [1.165, 1.54) is 0 Å². The lowest BCUT2D eigenvalue weighted by Gasteiger charge is -2.33. The highest BCUT2D eigenvalue weighted by atomic mass is 16.3. The number of rotatable bonds is 4. The number of aryl methyl sites for hydroxylation is 1. The predicted octanol–water partition coefficient (Wildman–Crippen LogP) is 2.96. The van der Waals surface area contributed by atoms with Gasteiger partial charge in [-0.1, -0.05) is 6.42 Å². The molecule has 1 aromatic heterocycles. The van der Waals surface area contributed by atoms with Crippen molar-refractivity contribution in [3.8, 4) is 0 Å². The molecule has 0 aromatic carbocycles. The smallest absolute Gasteiger partial charge is 0.223 e. The summed E-state index contributed by atoms with van der Waals surface area (Å²) in [4.78, 5) is 26.6. The third kappa shape index (κ3) is 3.20. The van der Waals surface area contributed by atoms with Crippen LogP contribution in [-0.4, -0.2) is 29.2 Å². The van der Waals surface area contributed by atoms with E-state index in [9.17, 15) is 9.59 Å². The molecule has 3 rings (SSSR count). The lowest BCUT2D eigenvalue weighted by molar-refractivity contribution is -0.135. The molecule has 1 amide bonds. The maximum atomic E-state index is 12.5. The number of likely N-dealkylation sites (tertiary alicyclic amines) is 1. The van der Waals surface area contributed by atoms with Crippen molar-refractivity contribution in [2.24, 2.45) is 5.92 Å². The molecule has 2 fully saturated rings. The molecule has 4 nitrogen and oxygen atoms in total. The number of ketones is 1. The van der Waals surface area contributed by atoms with E-state index in [0.29, 0.717) is 25.0 Å². The number of hydrogen-bond acceptors (Lipinski definition) is 3. The van der Waals surface area contributed by atoms with Crippen LogP contribution >= 0.6 is 0 Å². The molecule has 4 heteroatoms. The molecule has 1 aliphatic carbocycles. The minimum absolute atomic E-state index is 0.0915. The summed E-state index contributed by atoms with van der Waals surface area (Å²) in [7, 11) is 0. The number of carbonyl (C=O) groups is 2. The van der Waals surface area contributed by atoms with Crippen LogP contribution in [0, 0.1) is 5.92 Å². The van der Waals surface area contributed by atoms with Crippen LogP contribution in [0.25, 0.3) is 0 Å². The van der Waals surface area contributed by atoms with E-state index in [4.69, 9.17) is 4.42 Å². The summed E-state index contributed by atoms with van der Waals surface area (Å²) in [5, 5.41) is 0. The molecule has 0 radical (unpaired) electrons. The molecule has 2 heterocycles. The zero-order valence-electron chi connectivity index (χ0n) is 12.4. The van der Waals surface area contributed by atoms with Gasteiger partial charge in [-0.05, 0) is 37.8 Å². The number of amides is 1. The van der Waals surface area contributed by atoms with E-state index < -0.39 is 0 Å².